The van der Waals surface area contributed by atoms with Gasteiger partial charge in [-0.25, -0.2) is 0 Å². The maximum atomic E-state index is 11.5. The monoisotopic (exact) mass is 267 g/mol. The van der Waals surface area contributed by atoms with Gasteiger partial charge in [0.05, 0.1) is 10.7 Å². The van der Waals surface area contributed by atoms with Crippen LogP contribution < -0.4 is 16.0 Å². The molecule has 0 fully saturated rings. The molecule has 0 bridgehead atoms. The first-order valence-corrected chi connectivity index (χ1v) is 6.50. The zero-order valence-corrected chi connectivity index (χ0v) is 11.6. The van der Waals surface area contributed by atoms with Crippen molar-refractivity contribution in [2.24, 2.45) is 5.73 Å². The van der Waals surface area contributed by atoms with Crippen molar-refractivity contribution in [1.29, 1.82) is 0 Å². The van der Waals surface area contributed by atoms with E-state index in [1.54, 1.807) is 6.07 Å². The van der Waals surface area contributed by atoms with E-state index >= 15 is 0 Å². The van der Waals surface area contributed by atoms with Gasteiger partial charge in [-0.05, 0) is 32.9 Å². The van der Waals surface area contributed by atoms with Crippen LogP contribution in [0.15, 0.2) is 12.1 Å². The van der Waals surface area contributed by atoms with Crippen molar-refractivity contribution in [1.82, 2.24) is 0 Å². The number of rotatable bonds is 3. The number of anilines is 2. The lowest BCUT2D eigenvalue weighted by atomic mass is 10.1. The molecule has 1 aliphatic heterocycles. The maximum Gasteiger partial charge on any atom is 0.245 e. The van der Waals surface area contributed by atoms with Crippen LogP contribution in [-0.4, -0.2) is 18.5 Å². The fraction of sp³-hybridized carbons (Fsp3) is 0.462. The molecule has 0 aliphatic carbocycles. The zero-order valence-electron chi connectivity index (χ0n) is 10.8. The second kappa shape index (κ2) is 4.78. The van der Waals surface area contributed by atoms with E-state index in [1.165, 1.54) is 0 Å². The third kappa shape index (κ3) is 2.06. The summed E-state index contributed by atoms with van der Waals surface area (Å²) < 4.78 is 0. The fourth-order valence-electron chi connectivity index (χ4n) is 2.33. The van der Waals surface area contributed by atoms with Gasteiger partial charge in [0, 0.05) is 23.8 Å². The maximum absolute atomic E-state index is 11.5. The first-order chi connectivity index (χ1) is 8.45. The van der Waals surface area contributed by atoms with Crippen molar-refractivity contribution >= 4 is 28.9 Å². The van der Waals surface area contributed by atoms with Gasteiger partial charge in [0.2, 0.25) is 5.91 Å². The highest BCUT2D eigenvalue weighted by Gasteiger charge is 2.29. The summed E-state index contributed by atoms with van der Waals surface area (Å²) in [5.41, 5.74) is 8.27. The van der Waals surface area contributed by atoms with E-state index in [4.69, 9.17) is 17.3 Å². The quantitative estimate of drug-likeness (QED) is 0.885. The largest absolute Gasteiger partial charge is 0.368 e. The number of fused-ring (bicyclic) bond motifs is 1. The van der Waals surface area contributed by atoms with Gasteiger partial charge >= 0.3 is 0 Å². The number of carbonyl (C=O) groups is 1. The van der Waals surface area contributed by atoms with Crippen LogP contribution in [0.3, 0.4) is 0 Å². The highest BCUT2D eigenvalue weighted by atomic mass is 35.5. The Kier molecular flexibility index (Phi) is 3.50. The molecule has 1 heterocycles. The summed E-state index contributed by atoms with van der Waals surface area (Å²) in [5.74, 6) is -0.175. The second-order valence-electron chi connectivity index (χ2n) is 4.74. The Morgan fingerprint density at radius 3 is 2.72 bits per heavy atom. The van der Waals surface area contributed by atoms with Crippen LogP contribution in [0, 0.1) is 0 Å². The molecule has 1 amide bonds. The van der Waals surface area contributed by atoms with Crippen molar-refractivity contribution in [3.8, 4) is 0 Å². The molecular weight excluding hydrogens is 250 g/mol. The van der Waals surface area contributed by atoms with Crippen LogP contribution in [0.1, 0.15) is 32.4 Å². The molecule has 1 aliphatic rings. The van der Waals surface area contributed by atoms with Gasteiger partial charge in [-0.15, -0.1) is 0 Å². The molecule has 0 saturated heterocycles. The van der Waals surface area contributed by atoms with Gasteiger partial charge < -0.3 is 16.0 Å². The lowest BCUT2D eigenvalue weighted by Gasteiger charge is -2.29. The lowest BCUT2D eigenvalue weighted by Crippen LogP contribution is -2.30. The summed E-state index contributed by atoms with van der Waals surface area (Å²) in [5, 5.41) is 3.42. The summed E-state index contributed by atoms with van der Waals surface area (Å²) in [7, 11) is 0. The minimum atomic E-state index is -0.610. The SMILES string of the molecule is CCN(c1cc2c(cc1Cl)C(N)C(=O)N2)C(C)C. The van der Waals surface area contributed by atoms with Crippen molar-refractivity contribution in [2.45, 2.75) is 32.9 Å². The molecule has 98 valence electrons. The van der Waals surface area contributed by atoms with Gasteiger partial charge in [-0.2, -0.15) is 0 Å². The average Bonchev–Trinajstić information content (AvgIpc) is 2.56. The number of hydrogen-bond donors (Lipinski definition) is 2. The van der Waals surface area contributed by atoms with Crippen molar-refractivity contribution in [2.75, 3.05) is 16.8 Å². The summed E-state index contributed by atoms with van der Waals surface area (Å²) in [4.78, 5) is 13.7. The molecular formula is C13H18ClN3O. The van der Waals surface area contributed by atoms with E-state index in [2.05, 4.69) is 31.0 Å². The Morgan fingerprint density at radius 2 is 2.17 bits per heavy atom. The molecule has 18 heavy (non-hydrogen) atoms. The Balaban J connectivity index is 2.47. The Bertz CT molecular complexity index is 487. The molecule has 4 nitrogen and oxygen atoms in total. The van der Waals surface area contributed by atoms with Crippen LogP contribution in [0.5, 0.6) is 0 Å². The van der Waals surface area contributed by atoms with Gasteiger partial charge in [-0.1, -0.05) is 11.6 Å². The summed E-state index contributed by atoms with van der Waals surface area (Å²) in [6.07, 6.45) is 0. The normalized spacial score (nSPS) is 17.9. The smallest absolute Gasteiger partial charge is 0.245 e. The molecule has 1 aromatic rings. The highest BCUT2D eigenvalue weighted by molar-refractivity contribution is 6.33. The van der Waals surface area contributed by atoms with Crippen LogP contribution in [0.2, 0.25) is 5.02 Å². The Hall–Kier alpha value is -1.26. The number of nitrogens with two attached hydrogens (primary N) is 1. The van der Waals surface area contributed by atoms with Gasteiger partial charge in [0.15, 0.2) is 0 Å². The van der Waals surface area contributed by atoms with Crippen LogP contribution in [-0.2, 0) is 4.79 Å². The van der Waals surface area contributed by atoms with E-state index in [-0.39, 0.29) is 5.91 Å². The predicted octanol–water partition coefficient (Wildman–Crippen LogP) is 2.53. The predicted molar refractivity (Wildman–Crippen MR) is 75.2 cm³/mol. The lowest BCUT2D eigenvalue weighted by molar-refractivity contribution is -0.116. The zero-order chi connectivity index (χ0) is 13.4. The fourth-order valence-corrected chi connectivity index (χ4v) is 2.61. The van der Waals surface area contributed by atoms with Gasteiger partial charge in [-0.3, -0.25) is 4.79 Å². The van der Waals surface area contributed by atoms with E-state index < -0.39 is 6.04 Å². The van der Waals surface area contributed by atoms with Crippen molar-refractivity contribution < 1.29 is 4.79 Å². The third-order valence-electron chi connectivity index (χ3n) is 3.27. The number of hydrogen-bond acceptors (Lipinski definition) is 3. The standard InChI is InChI=1S/C13H18ClN3O/c1-4-17(7(2)3)11-6-10-8(5-9(11)14)12(15)13(18)16-10/h5-7,12H,4,15H2,1-3H3,(H,16,18). The van der Waals surface area contributed by atoms with Crippen LogP contribution in [0.25, 0.3) is 0 Å². The van der Waals surface area contributed by atoms with Crippen LogP contribution >= 0.6 is 11.6 Å². The number of benzene rings is 1. The van der Waals surface area contributed by atoms with Crippen LogP contribution in [0.4, 0.5) is 11.4 Å². The molecule has 0 aromatic heterocycles. The van der Waals surface area contributed by atoms with E-state index in [1.807, 2.05) is 6.07 Å². The number of amides is 1. The van der Waals surface area contributed by atoms with Crippen molar-refractivity contribution in [3.05, 3.63) is 22.7 Å². The van der Waals surface area contributed by atoms with E-state index in [0.29, 0.717) is 11.1 Å². The van der Waals surface area contributed by atoms with Crippen molar-refractivity contribution in [3.63, 3.8) is 0 Å². The minimum absolute atomic E-state index is 0.175. The minimum Gasteiger partial charge on any atom is -0.368 e. The average molecular weight is 268 g/mol. The molecule has 0 radical (unpaired) electrons. The first-order valence-electron chi connectivity index (χ1n) is 6.12. The third-order valence-corrected chi connectivity index (χ3v) is 3.57. The number of nitrogens with zero attached hydrogens (tertiary/aromatic N) is 1. The summed E-state index contributed by atoms with van der Waals surface area (Å²) in [6, 6.07) is 3.43. The molecule has 3 N–H and O–H groups in total. The molecule has 0 spiro atoms. The summed E-state index contributed by atoms with van der Waals surface area (Å²) >= 11 is 6.30. The van der Waals surface area contributed by atoms with Gasteiger partial charge in [0.25, 0.3) is 0 Å². The number of halogens is 1. The topological polar surface area (TPSA) is 58.4 Å². The molecule has 2 rings (SSSR count). The summed E-state index contributed by atoms with van der Waals surface area (Å²) in [6.45, 7) is 7.15. The molecule has 1 atom stereocenters. The molecule has 0 saturated carbocycles. The van der Waals surface area contributed by atoms with E-state index in [9.17, 15) is 4.79 Å². The van der Waals surface area contributed by atoms with Gasteiger partial charge in [0.1, 0.15) is 6.04 Å². The molecule has 1 aromatic carbocycles. The number of carbonyl (C=O) groups excluding carboxylic acids is 1. The van der Waals surface area contributed by atoms with E-state index in [0.717, 1.165) is 23.5 Å². The second-order valence-corrected chi connectivity index (χ2v) is 5.14. The Morgan fingerprint density at radius 1 is 1.50 bits per heavy atom. The Labute approximate surface area is 112 Å². The first kappa shape index (κ1) is 13.2. The molecule has 5 heteroatoms. The number of nitrogens with one attached hydrogen (secondary N) is 1. The molecule has 1 unspecified atom stereocenters. The highest BCUT2D eigenvalue weighted by Crippen LogP contribution is 2.38.